The van der Waals surface area contributed by atoms with Crippen molar-refractivity contribution in [3.63, 3.8) is 0 Å². The second-order valence-electron chi connectivity index (χ2n) is 8.41. The Bertz CT molecular complexity index is 1030. The van der Waals surface area contributed by atoms with Crippen molar-refractivity contribution in [3.8, 4) is 0 Å². The summed E-state index contributed by atoms with van der Waals surface area (Å²) in [5.41, 5.74) is -0.844. The zero-order valence-electron chi connectivity index (χ0n) is 16.3. The summed E-state index contributed by atoms with van der Waals surface area (Å²) in [4.78, 5) is 28.9. The van der Waals surface area contributed by atoms with E-state index in [2.05, 4.69) is 5.32 Å². The van der Waals surface area contributed by atoms with Crippen LogP contribution in [0.3, 0.4) is 0 Å². The van der Waals surface area contributed by atoms with Crippen molar-refractivity contribution in [2.24, 2.45) is 5.92 Å². The molecule has 3 aliphatic heterocycles. The van der Waals surface area contributed by atoms with Gasteiger partial charge in [-0.15, -0.1) is 0 Å². The Labute approximate surface area is 175 Å². The van der Waals surface area contributed by atoms with Gasteiger partial charge in [-0.3, -0.25) is 9.59 Å². The Morgan fingerprint density at radius 2 is 1.90 bits per heavy atom. The summed E-state index contributed by atoms with van der Waals surface area (Å²) in [5, 5.41) is 23.2. The van der Waals surface area contributed by atoms with Crippen molar-refractivity contribution < 1.29 is 33.0 Å². The van der Waals surface area contributed by atoms with Gasteiger partial charge in [0.1, 0.15) is 29.3 Å². The van der Waals surface area contributed by atoms with Crippen LogP contribution in [0.15, 0.2) is 35.4 Å². The highest BCUT2D eigenvalue weighted by molar-refractivity contribution is 5.99. The molecule has 1 aromatic rings. The van der Waals surface area contributed by atoms with Gasteiger partial charge >= 0.3 is 0 Å². The number of halogens is 3. The molecule has 31 heavy (non-hydrogen) atoms. The van der Waals surface area contributed by atoms with Gasteiger partial charge in [0.05, 0.1) is 11.6 Å². The summed E-state index contributed by atoms with van der Waals surface area (Å²) in [7, 11) is 0. The number of amides is 2. The normalized spacial score (nSPS) is 29.2. The van der Waals surface area contributed by atoms with Gasteiger partial charge in [-0.05, 0) is 25.2 Å². The molecule has 4 atom stereocenters. The minimum Gasteiger partial charge on any atom is -0.507 e. The molecule has 3 heterocycles. The second-order valence-corrected chi connectivity index (χ2v) is 8.41. The van der Waals surface area contributed by atoms with Gasteiger partial charge in [0.2, 0.25) is 0 Å². The molecule has 2 amide bonds. The lowest BCUT2D eigenvalue weighted by atomic mass is 9.92. The third-order valence-corrected chi connectivity index (χ3v) is 6.73. The van der Waals surface area contributed by atoms with E-state index in [1.165, 1.54) is 11.1 Å². The first-order valence-electron chi connectivity index (χ1n) is 10.1. The van der Waals surface area contributed by atoms with Crippen LogP contribution in [0, 0.1) is 23.4 Å². The molecule has 0 spiro atoms. The number of nitrogens with one attached hydrogen (secondary N) is 1. The van der Waals surface area contributed by atoms with Crippen LogP contribution >= 0.6 is 0 Å². The lowest BCUT2D eigenvalue weighted by molar-refractivity contribution is -0.137. The molecule has 10 heteroatoms. The average molecular weight is 435 g/mol. The van der Waals surface area contributed by atoms with Gasteiger partial charge in [0.25, 0.3) is 11.8 Å². The molecule has 0 aromatic heterocycles. The van der Waals surface area contributed by atoms with Crippen LogP contribution in [0.4, 0.5) is 13.2 Å². The minimum absolute atomic E-state index is 0.0268. The number of piperazine rings is 1. The Morgan fingerprint density at radius 3 is 2.61 bits per heavy atom. The van der Waals surface area contributed by atoms with Crippen LogP contribution in [0.25, 0.3) is 0 Å². The van der Waals surface area contributed by atoms with E-state index in [1.807, 2.05) is 0 Å². The number of hydrogen-bond acceptors (Lipinski definition) is 5. The Kier molecular flexibility index (Phi) is 4.51. The van der Waals surface area contributed by atoms with E-state index in [0.29, 0.717) is 24.6 Å². The number of rotatable bonds is 3. The van der Waals surface area contributed by atoms with E-state index < -0.39 is 47.3 Å². The number of aliphatic hydroxyl groups excluding tert-OH is 2. The second kappa shape index (κ2) is 7.01. The Balaban J connectivity index is 1.37. The van der Waals surface area contributed by atoms with Crippen LogP contribution in [-0.2, 0) is 16.1 Å². The van der Waals surface area contributed by atoms with Gasteiger partial charge in [-0.25, -0.2) is 13.2 Å². The highest BCUT2D eigenvalue weighted by Crippen LogP contribution is 2.46. The number of aliphatic hydroxyl groups is 2. The maximum atomic E-state index is 13.8. The van der Waals surface area contributed by atoms with E-state index in [0.717, 1.165) is 19.3 Å². The fraction of sp³-hybridized carbons (Fsp3) is 0.429. The Morgan fingerprint density at radius 1 is 1.19 bits per heavy atom. The number of carbonyl (C=O) groups excluding carboxylic acids is 2. The molecule has 5 rings (SSSR count). The van der Waals surface area contributed by atoms with Crippen LogP contribution in [0.1, 0.15) is 24.8 Å². The molecule has 7 nitrogen and oxygen atoms in total. The largest absolute Gasteiger partial charge is 0.507 e. The quantitative estimate of drug-likeness (QED) is 0.668. The smallest absolute Gasteiger partial charge is 0.274 e. The van der Waals surface area contributed by atoms with E-state index in [4.69, 9.17) is 0 Å². The van der Waals surface area contributed by atoms with Gasteiger partial charge in [-0.1, -0.05) is 0 Å². The highest BCUT2D eigenvalue weighted by Gasteiger charge is 2.54. The molecule has 1 aliphatic carbocycles. The lowest BCUT2D eigenvalue weighted by Crippen LogP contribution is -2.58. The molecular weight excluding hydrogens is 415 g/mol. The van der Waals surface area contributed by atoms with Crippen LogP contribution in [-0.4, -0.2) is 56.6 Å². The molecule has 2 bridgehead atoms. The van der Waals surface area contributed by atoms with Crippen LogP contribution in [0.2, 0.25) is 0 Å². The summed E-state index contributed by atoms with van der Waals surface area (Å²) in [6.45, 7) is -0.200. The predicted molar refractivity (Wildman–Crippen MR) is 100 cm³/mol. The monoisotopic (exact) mass is 435 g/mol. The lowest BCUT2D eigenvalue weighted by Gasteiger charge is -2.46. The number of benzene rings is 1. The summed E-state index contributed by atoms with van der Waals surface area (Å²) in [6, 6.07) is 1.11. The minimum atomic E-state index is -1.76. The molecule has 164 valence electrons. The zero-order valence-corrected chi connectivity index (χ0v) is 16.3. The average Bonchev–Trinajstić information content (AvgIpc) is 3.31. The molecule has 1 unspecified atom stereocenters. The fourth-order valence-electron chi connectivity index (χ4n) is 5.27. The van der Waals surface area contributed by atoms with Crippen LogP contribution < -0.4 is 5.32 Å². The molecule has 0 radical (unpaired) electrons. The van der Waals surface area contributed by atoms with Crippen LogP contribution in [0.5, 0.6) is 0 Å². The number of fused-ring (bicyclic) bond motifs is 6. The summed E-state index contributed by atoms with van der Waals surface area (Å²) < 4.78 is 40.7. The summed E-state index contributed by atoms with van der Waals surface area (Å²) in [6.07, 6.45) is 2.39. The number of nitrogens with zero attached hydrogens (tertiary/aromatic N) is 2. The van der Waals surface area contributed by atoms with Crippen molar-refractivity contribution in [3.05, 3.63) is 58.4 Å². The first kappa shape index (κ1) is 19.9. The molecule has 2 saturated heterocycles. The van der Waals surface area contributed by atoms with Crippen molar-refractivity contribution in [2.75, 3.05) is 6.54 Å². The standard InChI is InChI=1S/C21H20F3N3O4/c22-10-4-14(23)12(15(24)5-10)6-25-20(30)13-7-26-8-16-9-1-2-11(3-9)27(16)21(31)17(26)19(29)18(13)28/h4-5,7,9,11,16,18,28-29H,1-3,6,8H2,(H,25,30)/t9-,11+,16-,18?/m1/s1. The summed E-state index contributed by atoms with van der Waals surface area (Å²) >= 11 is 0. The van der Waals surface area contributed by atoms with E-state index in [1.54, 1.807) is 4.90 Å². The number of piperidine rings is 1. The van der Waals surface area contributed by atoms with Crippen molar-refractivity contribution in [1.29, 1.82) is 0 Å². The molecular formula is C21H20F3N3O4. The van der Waals surface area contributed by atoms with E-state index in [9.17, 15) is 33.0 Å². The maximum absolute atomic E-state index is 13.8. The van der Waals surface area contributed by atoms with E-state index >= 15 is 0 Å². The topological polar surface area (TPSA) is 93.1 Å². The Hall–Kier alpha value is -3.01. The van der Waals surface area contributed by atoms with Gasteiger partial charge in [-0.2, -0.15) is 0 Å². The molecule has 1 aromatic carbocycles. The SMILES string of the molecule is O=C(NCc1c(F)cc(F)cc1F)C1=CN2C[C@@H]3[C@@H]4CC[C@@H](C4)N3C(=O)C2=C(O)C1O. The number of hydrogen-bond donors (Lipinski definition) is 3. The van der Waals surface area contributed by atoms with Crippen molar-refractivity contribution >= 4 is 11.8 Å². The van der Waals surface area contributed by atoms with Gasteiger partial charge < -0.3 is 25.3 Å². The summed E-state index contributed by atoms with van der Waals surface area (Å²) in [5.74, 6) is -4.90. The third kappa shape index (κ3) is 3.00. The maximum Gasteiger partial charge on any atom is 0.274 e. The molecule has 1 saturated carbocycles. The predicted octanol–water partition coefficient (Wildman–Crippen LogP) is 1.44. The zero-order chi connectivity index (χ0) is 22.0. The number of carbonyl (C=O) groups is 2. The first-order chi connectivity index (χ1) is 14.8. The van der Waals surface area contributed by atoms with Gasteiger partial charge in [0.15, 0.2) is 5.76 Å². The first-order valence-corrected chi connectivity index (χ1v) is 10.1. The molecule has 3 N–H and O–H groups in total. The highest BCUT2D eigenvalue weighted by atomic mass is 19.1. The molecule has 4 aliphatic rings. The van der Waals surface area contributed by atoms with Crippen molar-refractivity contribution in [1.82, 2.24) is 15.1 Å². The van der Waals surface area contributed by atoms with E-state index in [-0.39, 0.29) is 29.3 Å². The molecule has 3 fully saturated rings. The van der Waals surface area contributed by atoms with Gasteiger partial charge in [0, 0.05) is 43.0 Å². The van der Waals surface area contributed by atoms with Crippen molar-refractivity contribution in [2.45, 2.75) is 44.0 Å². The fourth-order valence-corrected chi connectivity index (χ4v) is 5.27. The third-order valence-electron chi connectivity index (χ3n) is 6.73.